The molecule has 0 unspecified atom stereocenters. The lowest BCUT2D eigenvalue weighted by atomic mass is 10.0. The van der Waals surface area contributed by atoms with Crippen LogP contribution in [0.3, 0.4) is 0 Å². The molecule has 1 aliphatic heterocycles. The summed E-state index contributed by atoms with van der Waals surface area (Å²) in [5, 5.41) is 28.1. The number of benzene rings is 1. The third-order valence-electron chi connectivity index (χ3n) is 2.96. The average Bonchev–Trinajstić information content (AvgIpc) is 2.43. The molecule has 1 heterocycles. The molecular weight excluding hydrogens is 252 g/mol. The number of carbonyl (C=O) groups excluding carboxylic acids is 1. The van der Waals surface area contributed by atoms with Gasteiger partial charge in [-0.25, -0.2) is 4.79 Å². The first kappa shape index (κ1) is 14.0. The molecule has 1 aliphatic rings. The number of rotatable bonds is 3. The fourth-order valence-electron chi connectivity index (χ4n) is 1.90. The molecule has 0 saturated carbocycles. The maximum atomic E-state index is 11.8. The first-order valence-corrected chi connectivity index (χ1v) is 6.00. The topological polar surface area (TPSA) is 96.2 Å². The number of esters is 1. The monoisotopic (exact) mass is 268 g/mol. The van der Waals surface area contributed by atoms with Crippen molar-refractivity contribution in [3.05, 3.63) is 35.9 Å². The van der Waals surface area contributed by atoms with Crippen LogP contribution in [0.15, 0.2) is 30.3 Å². The zero-order valence-electron chi connectivity index (χ0n) is 10.2. The van der Waals surface area contributed by atoms with Gasteiger partial charge in [-0.1, -0.05) is 18.2 Å². The molecule has 1 aromatic carbocycles. The van der Waals surface area contributed by atoms with E-state index < -0.39 is 37.2 Å². The molecular formula is C13H16O6. The predicted octanol–water partition coefficient (Wildman–Crippen LogP) is -0.328. The van der Waals surface area contributed by atoms with Crippen molar-refractivity contribution in [3.63, 3.8) is 0 Å². The highest BCUT2D eigenvalue weighted by atomic mass is 16.7. The van der Waals surface area contributed by atoms with Crippen molar-refractivity contribution in [3.8, 4) is 0 Å². The second-order valence-electron chi connectivity index (χ2n) is 4.35. The molecule has 104 valence electrons. The van der Waals surface area contributed by atoms with Crippen molar-refractivity contribution in [1.29, 1.82) is 0 Å². The molecule has 19 heavy (non-hydrogen) atoms. The van der Waals surface area contributed by atoms with Crippen LogP contribution < -0.4 is 0 Å². The normalized spacial score (nSPS) is 30.9. The van der Waals surface area contributed by atoms with Gasteiger partial charge in [-0.15, -0.1) is 0 Å². The van der Waals surface area contributed by atoms with Gasteiger partial charge in [0.15, 0.2) is 0 Å². The van der Waals surface area contributed by atoms with E-state index in [0.29, 0.717) is 5.56 Å². The minimum absolute atomic E-state index is 0.0315. The minimum Gasteiger partial charge on any atom is -0.432 e. The summed E-state index contributed by atoms with van der Waals surface area (Å²) in [6.07, 6.45) is -4.26. The van der Waals surface area contributed by atoms with E-state index in [2.05, 4.69) is 0 Å². The minimum atomic E-state index is -1.18. The van der Waals surface area contributed by atoms with E-state index in [-0.39, 0.29) is 6.42 Å². The van der Waals surface area contributed by atoms with Gasteiger partial charge in [-0.3, -0.25) is 0 Å². The van der Waals surface area contributed by atoms with Crippen LogP contribution in [0, 0.1) is 0 Å². The van der Waals surface area contributed by atoms with E-state index in [4.69, 9.17) is 14.6 Å². The summed E-state index contributed by atoms with van der Waals surface area (Å²) in [5.74, 6) is -0.578. The first-order valence-electron chi connectivity index (χ1n) is 6.00. The Labute approximate surface area is 110 Å². The summed E-state index contributed by atoms with van der Waals surface area (Å²) >= 11 is 0. The number of hydrogen-bond acceptors (Lipinski definition) is 6. The number of ether oxygens (including phenoxy) is 2. The molecule has 1 aromatic rings. The third-order valence-corrected chi connectivity index (χ3v) is 2.96. The number of carbonyl (C=O) groups is 1. The van der Waals surface area contributed by atoms with E-state index in [1.54, 1.807) is 30.3 Å². The van der Waals surface area contributed by atoms with Crippen molar-refractivity contribution in [2.24, 2.45) is 0 Å². The molecule has 3 N–H and O–H groups in total. The molecule has 0 aliphatic carbocycles. The van der Waals surface area contributed by atoms with Gasteiger partial charge in [0.05, 0.1) is 18.3 Å². The van der Waals surface area contributed by atoms with Crippen molar-refractivity contribution in [2.75, 3.05) is 6.61 Å². The largest absolute Gasteiger partial charge is 0.432 e. The molecule has 4 atom stereocenters. The molecule has 2 rings (SSSR count). The van der Waals surface area contributed by atoms with Gasteiger partial charge < -0.3 is 24.8 Å². The lowest BCUT2D eigenvalue weighted by Gasteiger charge is -2.35. The van der Waals surface area contributed by atoms with E-state index in [1.807, 2.05) is 0 Å². The van der Waals surface area contributed by atoms with Gasteiger partial charge in [0, 0.05) is 6.42 Å². The van der Waals surface area contributed by atoms with Crippen molar-refractivity contribution in [2.45, 2.75) is 31.0 Å². The first-order chi connectivity index (χ1) is 9.11. The quantitative estimate of drug-likeness (QED) is 0.650. The molecule has 0 spiro atoms. The Morgan fingerprint density at radius 3 is 2.63 bits per heavy atom. The predicted molar refractivity (Wildman–Crippen MR) is 64.2 cm³/mol. The van der Waals surface area contributed by atoms with E-state index in [0.717, 1.165) is 0 Å². The zero-order chi connectivity index (χ0) is 13.8. The zero-order valence-corrected chi connectivity index (χ0v) is 10.2. The highest BCUT2D eigenvalue weighted by molar-refractivity contribution is 5.89. The second kappa shape index (κ2) is 6.12. The van der Waals surface area contributed by atoms with Crippen molar-refractivity contribution < 1.29 is 29.6 Å². The van der Waals surface area contributed by atoms with Crippen molar-refractivity contribution in [1.82, 2.24) is 0 Å². The maximum absolute atomic E-state index is 11.8. The van der Waals surface area contributed by atoms with E-state index >= 15 is 0 Å². The van der Waals surface area contributed by atoms with Crippen LogP contribution in [-0.2, 0) is 9.47 Å². The molecule has 1 saturated heterocycles. The van der Waals surface area contributed by atoms with Gasteiger partial charge in [-0.2, -0.15) is 0 Å². The van der Waals surface area contributed by atoms with Crippen LogP contribution in [0.25, 0.3) is 0 Å². The van der Waals surface area contributed by atoms with Gasteiger partial charge >= 0.3 is 5.97 Å². The molecule has 1 fully saturated rings. The summed E-state index contributed by atoms with van der Waals surface area (Å²) < 4.78 is 10.3. The molecule has 0 aromatic heterocycles. The Morgan fingerprint density at radius 1 is 1.32 bits per heavy atom. The SMILES string of the molecule is O=C(O[C@H]1C[C@@H](O)[C@@H](O)[C@@H](CO)O1)c1ccccc1. The summed E-state index contributed by atoms with van der Waals surface area (Å²) in [6.45, 7) is -0.461. The highest BCUT2D eigenvalue weighted by Crippen LogP contribution is 2.22. The molecule has 0 bridgehead atoms. The van der Waals surface area contributed by atoms with Gasteiger partial charge in [0.25, 0.3) is 0 Å². The number of hydrogen-bond donors (Lipinski definition) is 3. The summed E-state index contributed by atoms with van der Waals surface area (Å²) in [5.41, 5.74) is 0.368. The summed E-state index contributed by atoms with van der Waals surface area (Å²) in [6, 6.07) is 8.37. The van der Waals surface area contributed by atoms with Crippen molar-refractivity contribution >= 4 is 5.97 Å². The highest BCUT2D eigenvalue weighted by Gasteiger charge is 2.38. The Balaban J connectivity index is 1.98. The fraction of sp³-hybridized carbons (Fsp3) is 0.462. The Hall–Kier alpha value is -1.47. The lowest BCUT2D eigenvalue weighted by Crippen LogP contribution is -2.50. The van der Waals surface area contributed by atoms with Gasteiger partial charge in [-0.05, 0) is 12.1 Å². The molecule has 6 heteroatoms. The van der Waals surface area contributed by atoms with Crippen LogP contribution >= 0.6 is 0 Å². The van der Waals surface area contributed by atoms with Crippen LogP contribution in [0.5, 0.6) is 0 Å². The molecule has 0 amide bonds. The fourth-order valence-corrected chi connectivity index (χ4v) is 1.90. The molecule has 6 nitrogen and oxygen atoms in total. The summed E-state index contributed by atoms with van der Waals surface area (Å²) in [7, 11) is 0. The Kier molecular flexibility index (Phi) is 4.49. The van der Waals surface area contributed by atoms with Crippen LogP contribution in [0.2, 0.25) is 0 Å². The van der Waals surface area contributed by atoms with Crippen LogP contribution in [-0.4, -0.2) is 52.5 Å². The van der Waals surface area contributed by atoms with Gasteiger partial charge in [0.2, 0.25) is 6.29 Å². The Bertz CT molecular complexity index is 420. The average molecular weight is 268 g/mol. The van der Waals surface area contributed by atoms with E-state index in [9.17, 15) is 15.0 Å². The maximum Gasteiger partial charge on any atom is 0.340 e. The summed E-state index contributed by atoms with van der Waals surface area (Å²) in [4.78, 5) is 11.8. The third kappa shape index (κ3) is 3.30. The standard InChI is InChI=1S/C13H16O6/c14-7-10-12(16)9(15)6-11(18-10)19-13(17)8-4-2-1-3-5-8/h1-5,9-12,14-16H,6-7H2/t9-,10-,11+,12-/m1/s1. The lowest BCUT2D eigenvalue weighted by molar-refractivity contribution is -0.239. The second-order valence-corrected chi connectivity index (χ2v) is 4.35. The van der Waals surface area contributed by atoms with Gasteiger partial charge in [0.1, 0.15) is 12.2 Å². The van der Waals surface area contributed by atoms with E-state index in [1.165, 1.54) is 0 Å². The van der Waals surface area contributed by atoms with Crippen LogP contribution in [0.4, 0.5) is 0 Å². The number of aliphatic hydroxyl groups is 3. The number of aliphatic hydroxyl groups excluding tert-OH is 3. The van der Waals surface area contributed by atoms with Crippen LogP contribution in [0.1, 0.15) is 16.8 Å². The smallest absolute Gasteiger partial charge is 0.340 e. The Morgan fingerprint density at radius 2 is 2.00 bits per heavy atom. The molecule has 0 radical (unpaired) electrons.